The number of hydrogen-bond acceptors (Lipinski definition) is 13. The Morgan fingerprint density at radius 1 is 0.307 bits per heavy atom. The molecule has 7 aromatic heterocycles. The Balaban J connectivity index is 0.000000379. The van der Waals surface area contributed by atoms with Crippen molar-refractivity contribution in [2.75, 3.05) is 23.9 Å². The Morgan fingerprint density at radius 3 is 0.906 bits per heavy atom. The smallest absolute Gasteiger partial charge is 0.155 e. The molecule has 0 aliphatic rings. The van der Waals surface area contributed by atoms with E-state index in [-0.39, 0.29) is 185 Å². The molecule has 16 rings (SSSR count). The maximum absolute atomic E-state index is 13.4. The van der Waals surface area contributed by atoms with Crippen molar-refractivity contribution in [3.8, 4) is 78.8 Å². The largest absolute Gasteiger partial charge is 0.512 e. The molecule has 0 saturated heterocycles. The fourth-order valence-electron chi connectivity index (χ4n) is 10.6. The zero-order valence-corrected chi connectivity index (χ0v) is 81.4. The Labute approximate surface area is 810 Å². The van der Waals surface area contributed by atoms with Gasteiger partial charge in [-0.3, -0.25) is 48.7 Å². The van der Waals surface area contributed by atoms with E-state index in [4.69, 9.17) is 15.3 Å². The van der Waals surface area contributed by atoms with Gasteiger partial charge in [0.1, 0.15) is 0 Å². The molecule has 0 unspecified atom stereocenters. The molecule has 0 amide bonds. The van der Waals surface area contributed by atoms with Crippen LogP contribution < -0.4 is 9.80 Å². The first kappa shape index (κ1) is 110. The number of ketones is 1. The van der Waals surface area contributed by atoms with Crippen LogP contribution in [-0.2, 0) is 139 Å². The number of aliphatic hydroxyl groups is 3. The van der Waals surface area contributed by atoms with Gasteiger partial charge in [-0.05, 0) is 132 Å². The predicted molar refractivity (Wildman–Crippen MR) is 447 cm³/mol. The SMILES string of the molecule is CC(=O)C=C(C)O.CN(C)c1ccnc(-c2[c-]cc(F)cc2)c1.Fc1c[c-]c(-c2cc(N(c3ccccc3)c3ccccc3)ccn2)cc1.Fc1c[c-]c(-c2ccccn2)c(F)c1.Fc1c[c-]c(-c2ccccn2)c(F)c1.Fc1c[c-]c(-c2ccccn2)cc1.OCc1ccnc(-c2[c-]cc(F)cc2)c1.OCc1ccnc(-c2[c-]cc(F)cc2F)c1.[Ir].[Ir].[Ir].[Ir].[Ir].[Ir]. The van der Waals surface area contributed by atoms with Crippen LogP contribution in [0, 0.1) is 101 Å². The van der Waals surface area contributed by atoms with Gasteiger partial charge in [-0.1, -0.05) is 132 Å². The number of rotatable bonds is 14. The molecule has 0 aliphatic heterocycles. The van der Waals surface area contributed by atoms with Crippen molar-refractivity contribution in [3.05, 3.63) is 440 Å². The summed E-state index contributed by atoms with van der Waals surface area (Å²) in [5.41, 5.74) is 13.3. The van der Waals surface area contributed by atoms with Crippen LogP contribution in [0.1, 0.15) is 25.0 Å². The van der Waals surface area contributed by atoms with Crippen molar-refractivity contribution in [3.63, 3.8) is 0 Å². The van der Waals surface area contributed by atoms with Gasteiger partial charge in [0, 0.05) is 265 Å². The Morgan fingerprint density at radius 2 is 0.598 bits per heavy atom. The van der Waals surface area contributed by atoms with Crippen LogP contribution >= 0.6 is 0 Å². The predicted octanol–water partition coefficient (Wildman–Crippen LogP) is 22.8. The number of hydrogen-bond donors (Lipinski definition) is 3. The second-order valence-corrected chi connectivity index (χ2v) is 25.5. The fraction of sp³-hybridized carbons (Fsp3) is 0.0612. The molecule has 127 heavy (non-hydrogen) atoms. The summed E-state index contributed by atoms with van der Waals surface area (Å²) in [4.78, 5) is 42.9. The summed E-state index contributed by atoms with van der Waals surface area (Å²) in [5, 5.41) is 26.2. The average Bonchev–Trinajstić information content (AvgIpc) is 0.800. The molecule has 0 atom stereocenters. The average molecular weight is 2780 g/mol. The van der Waals surface area contributed by atoms with E-state index in [9.17, 15) is 48.7 Å². The Hall–Kier alpha value is -11.0. The van der Waals surface area contributed by atoms with Crippen LogP contribution in [-0.4, -0.2) is 70.1 Å². The number of para-hydroxylation sites is 2. The van der Waals surface area contributed by atoms with Crippen molar-refractivity contribution in [1.82, 2.24) is 34.9 Å². The third kappa shape index (κ3) is 36.7. The van der Waals surface area contributed by atoms with Crippen molar-refractivity contribution in [2.45, 2.75) is 27.1 Å². The monoisotopic (exact) mass is 2790 g/mol. The van der Waals surface area contributed by atoms with Gasteiger partial charge in [-0.15, -0.1) is 156 Å². The third-order valence-corrected chi connectivity index (χ3v) is 16.3. The van der Waals surface area contributed by atoms with Crippen LogP contribution in [0.2, 0.25) is 0 Å². The number of benzene rings is 9. The molecule has 0 fully saturated rings. The summed E-state index contributed by atoms with van der Waals surface area (Å²) in [7, 11) is 3.93. The number of anilines is 4. The maximum Gasteiger partial charge on any atom is 0.155 e. The maximum atomic E-state index is 13.4. The standard InChI is InChI=1S/C23H16FN2.C13H12FN2.C12H8F2NO.C12H9FNO.2C11H6F2N.C11H7FN.C5H8O2.6Ir/c24-19-13-11-18(12-14-19)23-17-22(15-16-25-23)26(20-7-3-1-4-8-20)21-9-5-2-6-10-21;1-16(2)12-7-8-15-13(9-12)10-3-5-11(14)6-4-10;13-9-1-2-10(11(14)6-9)12-5-8(7-16)3-4-15-12;13-11-3-1-10(2-4-11)12-7-9(8-15)5-6-14-12;2*12-8-4-5-9(10(13)7-8)11-3-1-2-6-14-11;12-10-6-4-9(5-7-10)11-3-1-2-8-13-11;1-4(6)3-5(2)7;;;;;;/h1-11,13-17H;3,5-9H,1-2H3;1,3-6,16H,7H2;1,3-7,15H,8H2;2*1-4,6-7H;1-4,6-8H;3,6H,1-2H3;;;;;;/q7*-1;;;;;;;. The fourth-order valence-corrected chi connectivity index (χ4v) is 10.6. The first-order chi connectivity index (χ1) is 58.5. The molecule has 0 spiro atoms. The van der Waals surface area contributed by atoms with Gasteiger partial charge in [0.05, 0.1) is 19.0 Å². The molecule has 7 heterocycles. The van der Waals surface area contributed by atoms with Gasteiger partial charge in [0.25, 0.3) is 0 Å². The summed E-state index contributed by atoms with van der Waals surface area (Å²) in [6.45, 7) is 2.66. The van der Waals surface area contributed by atoms with Gasteiger partial charge in [-0.2, -0.15) is 0 Å². The first-order valence-corrected chi connectivity index (χ1v) is 36.5. The topological polar surface area (TPSA) is 174 Å². The summed E-state index contributed by atoms with van der Waals surface area (Å²) in [5.74, 6) is -5.23. The number of allylic oxidation sites excluding steroid dienone is 2. The number of pyridine rings is 7. The van der Waals surface area contributed by atoms with Gasteiger partial charge < -0.3 is 60.0 Å². The minimum Gasteiger partial charge on any atom is -0.512 e. The van der Waals surface area contributed by atoms with Gasteiger partial charge in [0.2, 0.25) is 0 Å². The minimum atomic E-state index is -0.720. The van der Waals surface area contributed by atoms with E-state index >= 15 is 0 Å². The van der Waals surface area contributed by atoms with E-state index < -0.39 is 34.9 Å². The number of carbonyl (C=O) groups excluding carboxylic acids is 1. The van der Waals surface area contributed by atoms with E-state index in [1.165, 1.54) is 80.7 Å². The van der Waals surface area contributed by atoms with Crippen LogP contribution in [0.15, 0.2) is 328 Å². The summed E-state index contributed by atoms with van der Waals surface area (Å²) in [6.07, 6.45) is 12.5. The Kier molecular flexibility index (Phi) is 50.6. The normalized spacial score (nSPS) is 9.84. The third-order valence-electron chi connectivity index (χ3n) is 16.3. The summed E-state index contributed by atoms with van der Waals surface area (Å²) in [6, 6.07) is 92.6. The van der Waals surface area contributed by atoms with E-state index in [2.05, 4.69) is 107 Å². The number of nitrogens with zero attached hydrogens (tertiary/aromatic N) is 9. The van der Waals surface area contributed by atoms with E-state index in [1.807, 2.05) is 97.9 Å². The number of aromatic nitrogens is 7. The molecule has 29 heteroatoms. The van der Waals surface area contributed by atoms with Crippen molar-refractivity contribution < 1.29 is 185 Å². The Bertz CT molecular complexity index is 5810. The zero-order chi connectivity index (χ0) is 86.4. The van der Waals surface area contributed by atoms with Crippen molar-refractivity contribution in [1.29, 1.82) is 0 Å². The molecule has 9 aromatic carbocycles. The molecule has 6 radical (unpaired) electrons. The quantitative estimate of drug-likeness (QED) is 0.0406. The molecular weight excluding hydrogens is 2710 g/mol. The molecule has 3 N–H and O–H groups in total. The van der Waals surface area contributed by atoms with E-state index in [0.717, 1.165) is 98.5 Å². The van der Waals surface area contributed by atoms with Crippen LogP contribution in [0.4, 0.5) is 66.7 Å². The van der Waals surface area contributed by atoms with Crippen LogP contribution in [0.3, 0.4) is 0 Å². The van der Waals surface area contributed by atoms with Crippen molar-refractivity contribution >= 4 is 28.5 Å². The molecule has 16 aromatic rings. The number of carbonyl (C=O) groups is 1. The van der Waals surface area contributed by atoms with Gasteiger partial charge in [-0.25, -0.2) is 0 Å². The number of aliphatic hydroxyl groups excluding tert-OH is 3. The second kappa shape index (κ2) is 58.3. The second-order valence-electron chi connectivity index (χ2n) is 25.5. The first-order valence-electron chi connectivity index (χ1n) is 36.5. The summed E-state index contributed by atoms with van der Waals surface area (Å²) >= 11 is 0. The van der Waals surface area contributed by atoms with Crippen LogP contribution in [0.25, 0.3) is 78.8 Å². The summed E-state index contributed by atoms with van der Waals surface area (Å²) < 4.78 is 129. The van der Waals surface area contributed by atoms with Gasteiger partial charge in [0.15, 0.2) is 5.78 Å². The molecule has 664 valence electrons. The minimum absolute atomic E-state index is 0. The zero-order valence-electron chi connectivity index (χ0n) is 67.1. The molecule has 0 bridgehead atoms. The van der Waals surface area contributed by atoms with Gasteiger partial charge >= 0.3 is 0 Å². The van der Waals surface area contributed by atoms with E-state index in [1.54, 1.807) is 116 Å². The molecular formula is C98H72F10Ir6N9O4-7. The molecule has 13 nitrogen and oxygen atoms in total. The van der Waals surface area contributed by atoms with Crippen LogP contribution in [0.5, 0.6) is 0 Å². The van der Waals surface area contributed by atoms with E-state index in [0.29, 0.717) is 33.9 Å². The number of halogens is 10. The van der Waals surface area contributed by atoms with Crippen molar-refractivity contribution in [2.24, 2.45) is 0 Å². The molecule has 0 saturated carbocycles. The molecule has 0 aliphatic carbocycles.